The fourth-order valence-electron chi connectivity index (χ4n) is 0.611. The van der Waals surface area contributed by atoms with Crippen molar-refractivity contribution in [1.82, 2.24) is 9.97 Å². The SMILES string of the molecule is Cc1c[nH]c(S(=O)(=O)CO)n1. The number of aliphatic hydroxyl groups is 1. The number of hydrogen-bond donors (Lipinski definition) is 2. The summed E-state index contributed by atoms with van der Waals surface area (Å²) in [5.74, 6) is -0.917. The number of H-pyrrole nitrogens is 1. The molecule has 6 heteroatoms. The lowest BCUT2D eigenvalue weighted by molar-refractivity contribution is 0.357. The molecule has 2 N–H and O–H groups in total. The van der Waals surface area contributed by atoms with E-state index in [2.05, 4.69) is 9.97 Å². The Balaban J connectivity index is 3.13. The van der Waals surface area contributed by atoms with Crippen LogP contribution in [0.25, 0.3) is 0 Å². The van der Waals surface area contributed by atoms with Crippen molar-refractivity contribution in [3.8, 4) is 0 Å². The predicted octanol–water partition coefficient (Wildman–Crippen LogP) is -0.558. The number of aliphatic hydroxyl groups excluding tert-OH is 1. The van der Waals surface area contributed by atoms with Gasteiger partial charge in [-0.15, -0.1) is 0 Å². The maximum Gasteiger partial charge on any atom is 0.235 e. The van der Waals surface area contributed by atoms with Crippen molar-refractivity contribution in [3.63, 3.8) is 0 Å². The molecule has 11 heavy (non-hydrogen) atoms. The molecule has 0 radical (unpaired) electrons. The van der Waals surface area contributed by atoms with Gasteiger partial charge in [-0.2, -0.15) is 0 Å². The van der Waals surface area contributed by atoms with E-state index in [1.54, 1.807) is 6.92 Å². The zero-order chi connectivity index (χ0) is 8.48. The van der Waals surface area contributed by atoms with E-state index in [0.29, 0.717) is 5.69 Å². The van der Waals surface area contributed by atoms with Crippen molar-refractivity contribution in [3.05, 3.63) is 11.9 Å². The molecule has 0 aromatic carbocycles. The lowest BCUT2D eigenvalue weighted by atomic mass is 10.6. The highest BCUT2D eigenvalue weighted by atomic mass is 32.2. The van der Waals surface area contributed by atoms with Crippen molar-refractivity contribution < 1.29 is 13.5 Å². The maximum absolute atomic E-state index is 10.9. The van der Waals surface area contributed by atoms with Crippen molar-refractivity contribution in [2.75, 3.05) is 5.94 Å². The zero-order valence-electron chi connectivity index (χ0n) is 5.90. The molecule has 1 heterocycles. The highest BCUT2D eigenvalue weighted by Crippen LogP contribution is 2.03. The van der Waals surface area contributed by atoms with Gasteiger partial charge >= 0.3 is 0 Å². The Hall–Kier alpha value is -0.880. The van der Waals surface area contributed by atoms with Crippen LogP contribution in [0.4, 0.5) is 0 Å². The van der Waals surface area contributed by atoms with Crippen LogP contribution in [0.1, 0.15) is 5.69 Å². The van der Waals surface area contributed by atoms with E-state index in [1.165, 1.54) is 6.20 Å². The summed E-state index contributed by atoms with van der Waals surface area (Å²) in [7, 11) is -3.59. The molecule has 1 rings (SSSR count). The number of hydrogen-bond acceptors (Lipinski definition) is 4. The van der Waals surface area contributed by atoms with Crippen molar-refractivity contribution in [1.29, 1.82) is 0 Å². The van der Waals surface area contributed by atoms with Gasteiger partial charge in [0.25, 0.3) is 0 Å². The summed E-state index contributed by atoms with van der Waals surface area (Å²) in [4.78, 5) is 6.09. The van der Waals surface area contributed by atoms with Crippen LogP contribution >= 0.6 is 0 Å². The van der Waals surface area contributed by atoms with Gasteiger partial charge in [-0.25, -0.2) is 13.4 Å². The number of aryl methyl sites for hydroxylation is 1. The fraction of sp³-hybridized carbons (Fsp3) is 0.400. The molecule has 0 saturated carbocycles. The van der Waals surface area contributed by atoms with Crippen molar-refractivity contribution in [2.24, 2.45) is 0 Å². The molecule has 0 aliphatic carbocycles. The minimum absolute atomic E-state index is 0.183. The molecule has 0 amide bonds. The molecule has 1 aromatic rings. The average molecular weight is 176 g/mol. The van der Waals surface area contributed by atoms with Gasteiger partial charge in [0.15, 0.2) is 5.94 Å². The van der Waals surface area contributed by atoms with Crippen LogP contribution in [0, 0.1) is 6.92 Å². The molecular formula is C5H8N2O3S. The molecule has 0 bridgehead atoms. The third-order valence-corrected chi connectivity index (χ3v) is 2.29. The Bertz CT molecular complexity index is 340. The highest BCUT2D eigenvalue weighted by molar-refractivity contribution is 7.91. The van der Waals surface area contributed by atoms with E-state index in [9.17, 15) is 8.42 Å². The van der Waals surface area contributed by atoms with Crippen LogP contribution in [-0.2, 0) is 9.84 Å². The number of aromatic nitrogens is 2. The van der Waals surface area contributed by atoms with Crippen LogP contribution < -0.4 is 0 Å². The summed E-state index contributed by atoms with van der Waals surface area (Å²) >= 11 is 0. The zero-order valence-corrected chi connectivity index (χ0v) is 6.72. The predicted molar refractivity (Wildman–Crippen MR) is 37.6 cm³/mol. The Morgan fingerprint density at radius 3 is 2.73 bits per heavy atom. The average Bonchev–Trinajstić information content (AvgIpc) is 2.36. The van der Waals surface area contributed by atoms with Gasteiger partial charge in [0.05, 0.1) is 5.69 Å². The van der Waals surface area contributed by atoms with Gasteiger partial charge in [-0.3, -0.25) is 0 Å². The molecule has 0 aliphatic rings. The topological polar surface area (TPSA) is 83.0 Å². The first-order valence-corrected chi connectivity index (χ1v) is 4.57. The van der Waals surface area contributed by atoms with Gasteiger partial charge in [0.2, 0.25) is 15.0 Å². The van der Waals surface area contributed by atoms with Gasteiger partial charge in [-0.1, -0.05) is 0 Å². The molecule has 1 aromatic heterocycles. The first-order valence-electron chi connectivity index (χ1n) is 2.92. The first kappa shape index (κ1) is 8.22. The number of rotatable bonds is 2. The van der Waals surface area contributed by atoms with Crippen LogP contribution in [0.15, 0.2) is 11.4 Å². The second kappa shape index (κ2) is 2.63. The number of nitrogens with zero attached hydrogens (tertiary/aromatic N) is 1. The Kier molecular flexibility index (Phi) is 1.97. The Labute approximate surface area is 64.0 Å². The lowest BCUT2D eigenvalue weighted by Gasteiger charge is -1.92. The lowest BCUT2D eigenvalue weighted by Crippen LogP contribution is -2.07. The van der Waals surface area contributed by atoms with Crippen LogP contribution in [0.2, 0.25) is 0 Å². The molecule has 0 saturated heterocycles. The van der Waals surface area contributed by atoms with Crippen molar-refractivity contribution >= 4 is 9.84 Å². The minimum atomic E-state index is -3.59. The summed E-state index contributed by atoms with van der Waals surface area (Å²) in [5.41, 5.74) is 0.581. The van der Waals surface area contributed by atoms with E-state index in [0.717, 1.165) is 0 Å². The van der Waals surface area contributed by atoms with Gasteiger partial charge < -0.3 is 10.1 Å². The second-order valence-corrected chi connectivity index (χ2v) is 3.97. The standard InChI is InChI=1S/C5H8N2O3S/c1-4-2-6-5(7-4)11(9,10)3-8/h2,8H,3H2,1H3,(H,6,7). The summed E-state index contributed by atoms with van der Waals surface area (Å²) in [6, 6.07) is 0. The van der Waals surface area contributed by atoms with Gasteiger partial charge in [0.1, 0.15) is 0 Å². The van der Waals surface area contributed by atoms with Gasteiger partial charge in [-0.05, 0) is 6.92 Å². The number of nitrogens with one attached hydrogen (secondary N) is 1. The van der Waals surface area contributed by atoms with E-state index >= 15 is 0 Å². The Morgan fingerprint density at radius 1 is 1.73 bits per heavy atom. The van der Waals surface area contributed by atoms with Gasteiger partial charge in [0, 0.05) is 6.20 Å². The number of imidazole rings is 1. The normalized spacial score (nSPS) is 11.8. The van der Waals surface area contributed by atoms with E-state index in [-0.39, 0.29) is 5.16 Å². The molecular weight excluding hydrogens is 168 g/mol. The van der Waals surface area contributed by atoms with Crippen LogP contribution in [0.5, 0.6) is 0 Å². The van der Waals surface area contributed by atoms with E-state index < -0.39 is 15.8 Å². The molecule has 5 nitrogen and oxygen atoms in total. The molecule has 0 spiro atoms. The van der Waals surface area contributed by atoms with Crippen LogP contribution in [0.3, 0.4) is 0 Å². The fourth-order valence-corrected chi connectivity index (χ4v) is 1.26. The monoisotopic (exact) mass is 176 g/mol. The molecule has 0 atom stereocenters. The molecule has 62 valence electrons. The van der Waals surface area contributed by atoms with Crippen LogP contribution in [-0.4, -0.2) is 29.4 Å². The third-order valence-electron chi connectivity index (χ3n) is 1.15. The number of aromatic amines is 1. The summed E-state index contributed by atoms with van der Waals surface area (Å²) in [6.45, 7) is 1.66. The largest absolute Gasteiger partial charge is 0.380 e. The smallest absolute Gasteiger partial charge is 0.235 e. The van der Waals surface area contributed by atoms with E-state index in [4.69, 9.17) is 5.11 Å². The maximum atomic E-state index is 10.9. The Morgan fingerprint density at radius 2 is 2.36 bits per heavy atom. The first-order chi connectivity index (χ1) is 5.06. The molecule has 0 fully saturated rings. The summed E-state index contributed by atoms with van der Waals surface area (Å²) < 4.78 is 21.7. The highest BCUT2D eigenvalue weighted by Gasteiger charge is 2.15. The minimum Gasteiger partial charge on any atom is -0.380 e. The molecule has 0 unspecified atom stereocenters. The van der Waals surface area contributed by atoms with Crippen molar-refractivity contribution in [2.45, 2.75) is 12.1 Å². The third kappa shape index (κ3) is 1.58. The summed E-state index contributed by atoms with van der Waals surface area (Å²) in [6.07, 6.45) is 1.46. The molecule has 0 aliphatic heterocycles. The quantitative estimate of drug-likeness (QED) is 0.632. The second-order valence-electron chi connectivity index (χ2n) is 2.09. The van der Waals surface area contributed by atoms with E-state index in [1.807, 2.05) is 0 Å². The number of sulfone groups is 1. The summed E-state index contributed by atoms with van der Waals surface area (Å²) in [5, 5.41) is 8.23.